The van der Waals surface area contributed by atoms with Crippen LogP contribution in [0.25, 0.3) is 0 Å². The van der Waals surface area contributed by atoms with Crippen LogP contribution in [0.4, 0.5) is 0 Å². The SMILES string of the molecule is CCCN(CCI)C1CC2(CCN(C)CC2)C1. The lowest BCUT2D eigenvalue weighted by molar-refractivity contribution is -0.0365. The lowest BCUT2D eigenvalue weighted by atomic mass is 9.60. The van der Waals surface area contributed by atoms with Gasteiger partial charge in [-0.1, -0.05) is 29.5 Å². The fraction of sp³-hybridized carbons (Fsp3) is 1.00. The van der Waals surface area contributed by atoms with E-state index in [9.17, 15) is 0 Å². The van der Waals surface area contributed by atoms with Gasteiger partial charge in [0.2, 0.25) is 0 Å². The highest BCUT2D eigenvalue weighted by Crippen LogP contribution is 2.50. The second-order valence-electron chi connectivity index (χ2n) is 6.09. The van der Waals surface area contributed by atoms with Crippen LogP contribution >= 0.6 is 22.6 Å². The minimum Gasteiger partial charge on any atom is -0.306 e. The third-order valence-electron chi connectivity index (χ3n) is 4.78. The first-order chi connectivity index (χ1) is 8.19. The summed E-state index contributed by atoms with van der Waals surface area (Å²) in [4.78, 5) is 5.24. The van der Waals surface area contributed by atoms with Gasteiger partial charge in [0.1, 0.15) is 0 Å². The molecule has 0 aromatic rings. The molecule has 3 heteroatoms. The van der Waals surface area contributed by atoms with Gasteiger partial charge in [0.05, 0.1) is 0 Å². The lowest BCUT2D eigenvalue weighted by Gasteiger charge is -2.55. The summed E-state index contributed by atoms with van der Waals surface area (Å²) in [5.74, 6) is 0. The van der Waals surface area contributed by atoms with Crippen LogP contribution in [0.2, 0.25) is 0 Å². The van der Waals surface area contributed by atoms with Crippen LogP contribution in [0.5, 0.6) is 0 Å². The molecule has 2 nitrogen and oxygen atoms in total. The maximum atomic E-state index is 2.75. The van der Waals surface area contributed by atoms with Crippen LogP contribution in [-0.4, -0.2) is 53.5 Å². The predicted molar refractivity (Wildman–Crippen MR) is 82.9 cm³/mol. The summed E-state index contributed by atoms with van der Waals surface area (Å²) in [6.07, 6.45) is 7.17. The Morgan fingerprint density at radius 1 is 1.24 bits per heavy atom. The van der Waals surface area contributed by atoms with Gasteiger partial charge in [0.25, 0.3) is 0 Å². The molecule has 0 bridgehead atoms. The van der Waals surface area contributed by atoms with Crippen molar-refractivity contribution < 1.29 is 0 Å². The Bertz CT molecular complexity index is 222. The Hall–Kier alpha value is 0.650. The van der Waals surface area contributed by atoms with E-state index in [0.717, 1.165) is 11.5 Å². The van der Waals surface area contributed by atoms with Gasteiger partial charge in [-0.2, -0.15) is 0 Å². The normalized spacial score (nSPS) is 25.4. The molecule has 2 rings (SSSR count). The first kappa shape index (κ1) is 14.1. The molecule has 0 atom stereocenters. The van der Waals surface area contributed by atoms with Gasteiger partial charge < -0.3 is 4.90 Å². The molecule has 1 spiro atoms. The first-order valence-electron chi connectivity index (χ1n) is 7.18. The summed E-state index contributed by atoms with van der Waals surface area (Å²) in [5.41, 5.74) is 0.744. The van der Waals surface area contributed by atoms with E-state index in [2.05, 4.69) is 46.4 Å². The lowest BCUT2D eigenvalue weighted by Crippen LogP contribution is -2.55. The molecule has 0 radical (unpaired) electrons. The summed E-state index contributed by atoms with van der Waals surface area (Å²) in [6.45, 7) is 7.57. The molecular formula is C14H27IN2. The highest BCUT2D eigenvalue weighted by molar-refractivity contribution is 14.1. The molecule has 0 unspecified atom stereocenters. The Morgan fingerprint density at radius 2 is 1.88 bits per heavy atom. The predicted octanol–water partition coefficient (Wildman–Crippen LogP) is 3.01. The number of hydrogen-bond donors (Lipinski definition) is 0. The van der Waals surface area contributed by atoms with Crippen molar-refractivity contribution in [1.82, 2.24) is 9.80 Å². The number of hydrogen-bond acceptors (Lipinski definition) is 2. The minimum atomic E-state index is 0.744. The van der Waals surface area contributed by atoms with E-state index in [1.165, 1.54) is 62.7 Å². The quantitative estimate of drug-likeness (QED) is 0.556. The number of likely N-dealkylation sites (tertiary alicyclic amines) is 1. The Balaban J connectivity index is 1.79. The average Bonchev–Trinajstić information content (AvgIpc) is 2.27. The van der Waals surface area contributed by atoms with Crippen molar-refractivity contribution in [3.8, 4) is 0 Å². The van der Waals surface area contributed by atoms with E-state index >= 15 is 0 Å². The van der Waals surface area contributed by atoms with Crippen molar-refractivity contribution in [2.45, 2.75) is 45.1 Å². The van der Waals surface area contributed by atoms with Crippen molar-refractivity contribution >= 4 is 22.6 Å². The van der Waals surface area contributed by atoms with E-state index in [0.29, 0.717) is 0 Å². The Kier molecular flexibility index (Phi) is 5.13. The molecule has 1 saturated carbocycles. The number of rotatable bonds is 5. The molecule has 17 heavy (non-hydrogen) atoms. The van der Waals surface area contributed by atoms with Gasteiger partial charge in [-0.3, -0.25) is 4.90 Å². The maximum Gasteiger partial charge on any atom is 0.0123 e. The summed E-state index contributed by atoms with van der Waals surface area (Å²) in [5, 5.41) is 0. The second kappa shape index (κ2) is 6.20. The smallest absolute Gasteiger partial charge is 0.0123 e. The van der Waals surface area contributed by atoms with Gasteiger partial charge in [-0.15, -0.1) is 0 Å². The second-order valence-corrected chi connectivity index (χ2v) is 7.17. The van der Waals surface area contributed by atoms with Crippen LogP contribution in [0.15, 0.2) is 0 Å². The molecule has 1 aliphatic heterocycles. The zero-order valence-electron chi connectivity index (χ0n) is 11.4. The van der Waals surface area contributed by atoms with Crippen molar-refractivity contribution in [1.29, 1.82) is 0 Å². The van der Waals surface area contributed by atoms with Crippen LogP contribution in [-0.2, 0) is 0 Å². The molecule has 0 aromatic carbocycles. The summed E-state index contributed by atoms with van der Waals surface area (Å²) >= 11 is 2.52. The third kappa shape index (κ3) is 3.35. The molecule has 100 valence electrons. The van der Waals surface area contributed by atoms with E-state index in [1.807, 2.05) is 0 Å². The molecular weight excluding hydrogens is 323 g/mol. The van der Waals surface area contributed by atoms with Gasteiger partial charge in [-0.05, 0) is 64.2 Å². The zero-order chi connectivity index (χ0) is 12.3. The third-order valence-corrected chi connectivity index (χ3v) is 5.27. The van der Waals surface area contributed by atoms with E-state index in [4.69, 9.17) is 0 Å². The molecule has 1 saturated heterocycles. The van der Waals surface area contributed by atoms with E-state index < -0.39 is 0 Å². The van der Waals surface area contributed by atoms with Crippen molar-refractivity contribution in [2.24, 2.45) is 5.41 Å². The van der Waals surface area contributed by atoms with Crippen molar-refractivity contribution in [3.05, 3.63) is 0 Å². The topological polar surface area (TPSA) is 6.48 Å². The van der Waals surface area contributed by atoms with Crippen LogP contribution in [0, 0.1) is 5.41 Å². The molecule has 1 aliphatic carbocycles. The van der Waals surface area contributed by atoms with Crippen LogP contribution in [0.3, 0.4) is 0 Å². The first-order valence-corrected chi connectivity index (χ1v) is 8.70. The summed E-state index contributed by atoms with van der Waals surface area (Å²) < 4.78 is 1.28. The van der Waals surface area contributed by atoms with Crippen molar-refractivity contribution in [3.63, 3.8) is 0 Å². The van der Waals surface area contributed by atoms with Crippen molar-refractivity contribution in [2.75, 3.05) is 37.7 Å². The van der Waals surface area contributed by atoms with E-state index in [-0.39, 0.29) is 0 Å². The molecule has 2 aliphatic rings. The van der Waals surface area contributed by atoms with Gasteiger partial charge in [0, 0.05) is 17.0 Å². The zero-order valence-corrected chi connectivity index (χ0v) is 13.6. The number of piperidine rings is 1. The fourth-order valence-electron chi connectivity index (χ4n) is 3.57. The standard InChI is InChI=1S/C14H27IN2/c1-3-7-17(10-6-15)13-11-14(12-13)4-8-16(2)9-5-14/h13H,3-12H2,1-2H3. The van der Waals surface area contributed by atoms with Gasteiger partial charge in [0.15, 0.2) is 0 Å². The monoisotopic (exact) mass is 350 g/mol. The fourth-order valence-corrected chi connectivity index (χ4v) is 4.19. The largest absolute Gasteiger partial charge is 0.306 e. The van der Waals surface area contributed by atoms with Gasteiger partial charge >= 0.3 is 0 Å². The molecule has 1 heterocycles. The minimum absolute atomic E-state index is 0.744. The highest BCUT2D eigenvalue weighted by atomic mass is 127. The Labute approximate surface area is 120 Å². The maximum absolute atomic E-state index is 2.75. The Morgan fingerprint density at radius 3 is 2.41 bits per heavy atom. The van der Waals surface area contributed by atoms with Crippen LogP contribution < -0.4 is 0 Å². The molecule has 0 aromatic heterocycles. The molecule has 0 amide bonds. The number of halogens is 1. The molecule has 2 fully saturated rings. The van der Waals surface area contributed by atoms with Crippen LogP contribution in [0.1, 0.15) is 39.0 Å². The number of alkyl halides is 1. The number of nitrogens with zero attached hydrogens (tertiary/aromatic N) is 2. The van der Waals surface area contributed by atoms with Gasteiger partial charge in [-0.25, -0.2) is 0 Å². The average molecular weight is 350 g/mol. The molecule has 0 N–H and O–H groups in total. The van der Waals surface area contributed by atoms with E-state index in [1.54, 1.807) is 0 Å². The summed E-state index contributed by atoms with van der Waals surface area (Å²) in [7, 11) is 2.27. The highest BCUT2D eigenvalue weighted by Gasteiger charge is 2.46. The summed E-state index contributed by atoms with van der Waals surface area (Å²) in [6, 6.07) is 0.910.